The van der Waals surface area contributed by atoms with E-state index in [-0.39, 0.29) is 24.9 Å². The third-order valence-corrected chi connectivity index (χ3v) is 9.50. The molecule has 7 nitrogen and oxygen atoms in total. The summed E-state index contributed by atoms with van der Waals surface area (Å²) in [5.41, 5.74) is 2.79. The molecule has 1 aliphatic rings. The minimum Gasteiger partial charge on any atom is -0.352 e. The highest BCUT2D eigenvalue weighted by Crippen LogP contribution is 2.27. The van der Waals surface area contributed by atoms with Gasteiger partial charge in [-0.15, -0.1) is 0 Å². The van der Waals surface area contributed by atoms with Crippen molar-refractivity contribution >= 4 is 50.7 Å². The van der Waals surface area contributed by atoms with E-state index < -0.39 is 28.5 Å². The second kappa shape index (κ2) is 14.4. The molecule has 1 fully saturated rings. The van der Waals surface area contributed by atoms with E-state index in [9.17, 15) is 18.0 Å². The quantitative estimate of drug-likeness (QED) is 0.265. The van der Waals surface area contributed by atoms with Gasteiger partial charge in [0.15, 0.2) is 0 Å². The van der Waals surface area contributed by atoms with Gasteiger partial charge in [-0.05, 0) is 54.2 Å². The molecule has 0 aromatic heterocycles. The molecule has 224 valence electrons. The topological polar surface area (TPSA) is 86.8 Å². The molecule has 3 aromatic rings. The number of aryl methyl sites for hydroxylation is 1. The largest absolute Gasteiger partial charge is 0.352 e. The van der Waals surface area contributed by atoms with Gasteiger partial charge in [-0.3, -0.25) is 13.9 Å². The number of para-hydroxylation sites is 1. The number of nitrogens with zero attached hydrogens (tertiary/aromatic N) is 2. The van der Waals surface area contributed by atoms with Crippen molar-refractivity contribution in [2.45, 2.75) is 64.1 Å². The molecule has 0 bridgehead atoms. The van der Waals surface area contributed by atoms with Gasteiger partial charge in [0.2, 0.25) is 21.8 Å². The Morgan fingerprint density at radius 3 is 2.24 bits per heavy atom. The third kappa shape index (κ3) is 8.27. The van der Waals surface area contributed by atoms with E-state index >= 15 is 0 Å². The lowest BCUT2D eigenvalue weighted by molar-refractivity contribution is -0.140. The van der Waals surface area contributed by atoms with E-state index in [0.717, 1.165) is 47.4 Å². The number of hydrogen-bond acceptors (Lipinski definition) is 4. The number of nitrogens with one attached hydrogen (secondary N) is 1. The van der Waals surface area contributed by atoms with Crippen LogP contribution in [0.1, 0.15) is 49.3 Å². The zero-order valence-electron chi connectivity index (χ0n) is 23.9. The third-order valence-electron chi connectivity index (χ3n) is 7.63. The molecule has 10 heteroatoms. The van der Waals surface area contributed by atoms with Crippen LogP contribution in [0.5, 0.6) is 0 Å². The SMILES string of the molecule is CCc1ccccc1N(CC(=O)N(Cc1ccc(Cl)c(Cl)c1)[C@@H](Cc1ccccc1)C(=O)NC1CCCC1)S(C)(=O)=O. The first-order valence-electron chi connectivity index (χ1n) is 14.2. The molecular weight excluding hydrogens is 593 g/mol. The second-order valence-electron chi connectivity index (χ2n) is 10.7. The van der Waals surface area contributed by atoms with Crippen LogP contribution in [0.4, 0.5) is 5.69 Å². The van der Waals surface area contributed by atoms with Crippen LogP contribution in [-0.2, 0) is 39.0 Å². The molecular formula is C32H37Cl2N3O4S. The van der Waals surface area contributed by atoms with Crippen LogP contribution in [0.2, 0.25) is 10.0 Å². The second-order valence-corrected chi connectivity index (χ2v) is 13.4. The van der Waals surface area contributed by atoms with Gasteiger partial charge >= 0.3 is 0 Å². The van der Waals surface area contributed by atoms with Gasteiger partial charge in [0.05, 0.1) is 22.0 Å². The normalized spacial score (nSPS) is 14.4. The van der Waals surface area contributed by atoms with E-state index in [0.29, 0.717) is 27.7 Å². The maximum absolute atomic E-state index is 14.3. The van der Waals surface area contributed by atoms with Crippen molar-refractivity contribution in [3.8, 4) is 0 Å². The predicted octanol–water partition coefficient (Wildman–Crippen LogP) is 6.02. The first-order valence-corrected chi connectivity index (χ1v) is 16.8. The zero-order valence-corrected chi connectivity index (χ0v) is 26.3. The Balaban J connectivity index is 1.75. The minimum absolute atomic E-state index is 0.0400. The molecule has 4 rings (SSSR count). The molecule has 0 aliphatic heterocycles. The van der Waals surface area contributed by atoms with E-state index in [1.54, 1.807) is 30.3 Å². The van der Waals surface area contributed by atoms with Crippen LogP contribution in [0, 0.1) is 0 Å². The maximum Gasteiger partial charge on any atom is 0.244 e. The number of anilines is 1. The van der Waals surface area contributed by atoms with Crippen LogP contribution < -0.4 is 9.62 Å². The highest BCUT2D eigenvalue weighted by atomic mass is 35.5. The molecule has 0 radical (unpaired) electrons. The van der Waals surface area contributed by atoms with Gasteiger partial charge in [0.25, 0.3) is 0 Å². The van der Waals surface area contributed by atoms with E-state index in [2.05, 4.69) is 5.32 Å². The molecule has 42 heavy (non-hydrogen) atoms. The number of sulfonamides is 1. The molecule has 0 unspecified atom stereocenters. The van der Waals surface area contributed by atoms with Crippen molar-refractivity contribution in [2.75, 3.05) is 17.1 Å². The Bertz CT molecular complexity index is 1490. The number of carbonyl (C=O) groups excluding carboxylic acids is 2. The molecule has 0 heterocycles. The fourth-order valence-electron chi connectivity index (χ4n) is 5.40. The van der Waals surface area contributed by atoms with Gasteiger partial charge in [-0.1, -0.05) is 97.6 Å². The van der Waals surface area contributed by atoms with Gasteiger partial charge in [0, 0.05) is 19.0 Å². The zero-order chi connectivity index (χ0) is 30.3. The number of rotatable bonds is 12. The summed E-state index contributed by atoms with van der Waals surface area (Å²) in [6.07, 6.45) is 5.80. The lowest BCUT2D eigenvalue weighted by Crippen LogP contribution is -2.54. The first-order chi connectivity index (χ1) is 20.1. The Labute approximate surface area is 258 Å². The van der Waals surface area contributed by atoms with Crippen LogP contribution in [0.25, 0.3) is 0 Å². The van der Waals surface area contributed by atoms with Crippen LogP contribution in [-0.4, -0.2) is 50.0 Å². The minimum atomic E-state index is -3.84. The van der Waals surface area contributed by atoms with Crippen molar-refractivity contribution in [1.82, 2.24) is 10.2 Å². The molecule has 1 saturated carbocycles. The monoisotopic (exact) mass is 629 g/mol. The van der Waals surface area contributed by atoms with Gasteiger partial charge in [-0.2, -0.15) is 0 Å². The van der Waals surface area contributed by atoms with Gasteiger partial charge in [0.1, 0.15) is 12.6 Å². The van der Waals surface area contributed by atoms with E-state index in [1.165, 1.54) is 4.90 Å². The number of amides is 2. The average Bonchev–Trinajstić information content (AvgIpc) is 3.48. The Hall–Kier alpha value is -3.07. The highest BCUT2D eigenvalue weighted by Gasteiger charge is 2.34. The van der Waals surface area contributed by atoms with Crippen molar-refractivity contribution in [2.24, 2.45) is 0 Å². The summed E-state index contributed by atoms with van der Waals surface area (Å²) in [5.74, 6) is -0.765. The maximum atomic E-state index is 14.3. The molecule has 1 aliphatic carbocycles. The summed E-state index contributed by atoms with van der Waals surface area (Å²) in [6, 6.07) is 20.8. The molecule has 2 amide bonds. The molecule has 1 N–H and O–H groups in total. The molecule has 1 atom stereocenters. The summed E-state index contributed by atoms with van der Waals surface area (Å²) in [4.78, 5) is 29.7. The fraction of sp³-hybridized carbons (Fsp3) is 0.375. The van der Waals surface area contributed by atoms with Crippen molar-refractivity contribution in [1.29, 1.82) is 0 Å². The summed E-state index contributed by atoms with van der Waals surface area (Å²) in [7, 11) is -3.84. The lowest BCUT2D eigenvalue weighted by Gasteiger charge is -2.34. The predicted molar refractivity (Wildman–Crippen MR) is 169 cm³/mol. The average molecular weight is 631 g/mol. The molecule has 0 saturated heterocycles. The summed E-state index contributed by atoms with van der Waals surface area (Å²) in [6.45, 7) is 1.51. The fourth-order valence-corrected chi connectivity index (χ4v) is 6.61. The molecule has 3 aromatic carbocycles. The number of benzene rings is 3. The summed E-state index contributed by atoms with van der Waals surface area (Å²) >= 11 is 12.5. The van der Waals surface area contributed by atoms with Crippen molar-refractivity contribution < 1.29 is 18.0 Å². The number of hydrogen-bond donors (Lipinski definition) is 1. The lowest BCUT2D eigenvalue weighted by atomic mass is 10.0. The Morgan fingerprint density at radius 2 is 1.60 bits per heavy atom. The Morgan fingerprint density at radius 1 is 0.929 bits per heavy atom. The smallest absolute Gasteiger partial charge is 0.244 e. The van der Waals surface area contributed by atoms with Crippen LogP contribution in [0.3, 0.4) is 0 Å². The first kappa shape index (κ1) is 31.9. The van der Waals surface area contributed by atoms with Crippen LogP contribution >= 0.6 is 23.2 Å². The van der Waals surface area contributed by atoms with Gasteiger partial charge in [-0.25, -0.2) is 8.42 Å². The van der Waals surface area contributed by atoms with E-state index in [1.807, 2.05) is 49.4 Å². The Kier molecular flexibility index (Phi) is 10.9. The standard InChI is InChI=1S/C32H37Cl2N3O4S/c1-3-25-13-7-10-16-29(25)37(42(2,40)41)22-31(38)36(21-24-17-18-27(33)28(34)19-24)30(20-23-11-5-4-6-12-23)32(39)35-26-14-8-9-15-26/h4-7,10-13,16-19,26,30H,3,8-9,14-15,20-22H2,1-2H3,(H,35,39)/t30-/m0/s1. The van der Waals surface area contributed by atoms with Crippen molar-refractivity contribution in [3.05, 3.63) is 99.5 Å². The summed E-state index contributed by atoms with van der Waals surface area (Å²) < 4.78 is 27.3. The summed E-state index contributed by atoms with van der Waals surface area (Å²) in [5, 5.41) is 3.86. The highest BCUT2D eigenvalue weighted by molar-refractivity contribution is 7.92. The van der Waals surface area contributed by atoms with Crippen LogP contribution in [0.15, 0.2) is 72.8 Å². The number of carbonyl (C=O) groups is 2. The number of halogens is 2. The van der Waals surface area contributed by atoms with E-state index in [4.69, 9.17) is 23.2 Å². The van der Waals surface area contributed by atoms with Crippen molar-refractivity contribution in [3.63, 3.8) is 0 Å². The molecule has 0 spiro atoms. The van der Waals surface area contributed by atoms with Gasteiger partial charge < -0.3 is 10.2 Å².